The zero-order valence-corrected chi connectivity index (χ0v) is 17.1. The number of aryl methyl sites for hydroxylation is 2. The molecule has 0 spiro atoms. The van der Waals surface area contributed by atoms with E-state index in [-0.39, 0.29) is 12.1 Å². The maximum Gasteiger partial charge on any atom is 0.425 e. The van der Waals surface area contributed by atoms with Crippen molar-refractivity contribution in [2.45, 2.75) is 51.7 Å². The van der Waals surface area contributed by atoms with Crippen LogP contribution in [-0.2, 0) is 15.1 Å². The van der Waals surface area contributed by atoms with Crippen LogP contribution < -0.4 is 21.9 Å². The van der Waals surface area contributed by atoms with Crippen LogP contribution >= 0.6 is 0 Å². The lowest BCUT2D eigenvalue weighted by atomic mass is 9.91. The van der Waals surface area contributed by atoms with Crippen molar-refractivity contribution in [1.29, 1.82) is 0 Å². The van der Waals surface area contributed by atoms with Crippen molar-refractivity contribution < 1.29 is 22.8 Å². The van der Waals surface area contributed by atoms with Crippen LogP contribution in [-0.4, -0.2) is 27.5 Å². The molecule has 0 unspecified atom stereocenters. The van der Waals surface area contributed by atoms with Gasteiger partial charge in [0.1, 0.15) is 11.4 Å². The molecule has 8 nitrogen and oxygen atoms in total. The molecule has 0 saturated heterocycles. The number of unbranched alkanes of at least 4 members (excludes halogenated alkanes) is 1. The van der Waals surface area contributed by atoms with Gasteiger partial charge in [0.05, 0.1) is 5.69 Å². The first kappa shape index (κ1) is 22.3. The molecule has 3 rings (SSSR count). The number of nitrogens with one attached hydrogen (secondary N) is 3. The first-order chi connectivity index (χ1) is 14.4. The molecule has 2 amide bonds. The summed E-state index contributed by atoms with van der Waals surface area (Å²) >= 11 is 0. The van der Waals surface area contributed by atoms with Crippen molar-refractivity contribution in [3.63, 3.8) is 0 Å². The molecule has 2 aromatic rings. The van der Waals surface area contributed by atoms with Crippen molar-refractivity contribution in [2.75, 3.05) is 5.32 Å². The van der Waals surface area contributed by atoms with E-state index in [2.05, 4.69) is 0 Å². The summed E-state index contributed by atoms with van der Waals surface area (Å²) in [5.74, 6) is -3.32. The molecule has 1 atom stereocenters. The number of hydrogen-bond acceptors (Lipinski definition) is 4. The zero-order chi connectivity index (χ0) is 23.1. The Balaban J connectivity index is 2.31. The van der Waals surface area contributed by atoms with Crippen molar-refractivity contribution in [1.82, 2.24) is 14.9 Å². The molecule has 0 saturated carbocycles. The van der Waals surface area contributed by atoms with E-state index >= 15 is 0 Å². The monoisotopic (exact) mass is 438 g/mol. The van der Waals surface area contributed by atoms with Crippen molar-refractivity contribution in [3.8, 4) is 5.69 Å². The van der Waals surface area contributed by atoms with E-state index in [1.54, 1.807) is 25.2 Å². The number of anilines is 1. The van der Waals surface area contributed by atoms with Gasteiger partial charge in [-0.2, -0.15) is 13.2 Å². The number of nitrogens with zero attached hydrogens (tertiary/aromatic N) is 1. The molecule has 0 bridgehead atoms. The van der Waals surface area contributed by atoms with Gasteiger partial charge in [0, 0.05) is 6.42 Å². The summed E-state index contributed by atoms with van der Waals surface area (Å²) in [6.45, 7) is 5.29. The molecule has 1 aliphatic heterocycles. The van der Waals surface area contributed by atoms with E-state index in [9.17, 15) is 32.3 Å². The number of aromatic amines is 1. The second kappa shape index (κ2) is 7.71. The van der Waals surface area contributed by atoms with Gasteiger partial charge >= 0.3 is 11.9 Å². The third kappa shape index (κ3) is 3.53. The highest BCUT2D eigenvalue weighted by Crippen LogP contribution is 2.45. The Morgan fingerprint density at radius 3 is 2.42 bits per heavy atom. The summed E-state index contributed by atoms with van der Waals surface area (Å²) < 4.78 is 43.5. The Hall–Kier alpha value is -3.37. The normalized spacial score (nSPS) is 17.9. The van der Waals surface area contributed by atoms with E-state index in [0.29, 0.717) is 12.8 Å². The van der Waals surface area contributed by atoms with Gasteiger partial charge in [-0.05, 0) is 43.5 Å². The van der Waals surface area contributed by atoms with Crippen molar-refractivity contribution in [3.05, 3.63) is 55.7 Å². The summed E-state index contributed by atoms with van der Waals surface area (Å²) in [7, 11) is 0. The number of benzene rings is 1. The Kier molecular flexibility index (Phi) is 5.55. The molecule has 11 heteroatoms. The van der Waals surface area contributed by atoms with E-state index in [1.807, 2.05) is 17.2 Å². The van der Waals surface area contributed by atoms with Gasteiger partial charge in [-0.1, -0.05) is 19.4 Å². The molecule has 1 aliphatic rings. The van der Waals surface area contributed by atoms with Crippen LogP contribution in [0.25, 0.3) is 5.69 Å². The van der Waals surface area contributed by atoms with Crippen LogP contribution in [0.3, 0.4) is 0 Å². The van der Waals surface area contributed by atoms with Gasteiger partial charge < -0.3 is 10.6 Å². The molecule has 166 valence electrons. The Morgan fingerprint density at radius 2 is 1.84 bits per heavy atom. The number of carbonyl (C=O) groups is 2. The molecule has 2 heterocycles. The Labute approximate surface area is 174 Å². The number of aromatic nitrogens is 2. The molecular weight excluding hydrogens is 417 g/mol. The molecular formula is C20H21F3N4O4. The number of H-pyrrole nitrogens is 1. The average Bonchev–Trinajstić information content (AvgIpc) is 2.96. The van der Waals surface area contributed by atoms with E-state index in [1.165, 1.54) is 12.1 Å². The minimum atomic E-state index is -5.34. The van der Waals surface area contributed by atoms with Crippen LogP contribution in [0.2, 0.25) is 0 Å². The van der Waals surface area contributed by atoms with Crippen molar-refractivity contribution >= 4 is 17.6 Å². The maximum atomic E-state index is 14.2. The highest BCUT2D eigenvalue weighted by molar-refractivity contribution is 6.07. The number of carbonyl (C=O) groups excluding carboxylic acids is 2. The predicted octanol–water partition coefficient (Wildman–Crippen LogP) is 2.16. The Morgan fingerprint density at radius 1 is 1.16 bits per heavy atom. The van der Waals surface area contributed by atoms with Crippen LogP contribution in [0.5, 0.6) is 0 Å². The first-order valence-electron chi connectivity index (χ1n) is 9.60. The molecule has 0 radical (unpaired) electrons. The maximum absolute atomic E-state index is 14.2. The number of alkyl halides is 3. The standard InChI is InChI=1S/C20H21F3N4O4/c1-4-5-6-13(28)26-19(20(21,22)23)14-15(24-17(19)30)27(18(31)25-16(14)29)12-8-7-10(2)11(3)9-12/h7-9H,4-6H2,1-3H3,(H,24,30)(H,26,28)(H,25,29,31)/t19-/m0/s1. The lowest BCUT2D eigenvalue weighted by Crippen LogP contribution is -2.62. The first-order valence-corrected chi connectivity index (χ1v) is 9.60. The lowest BCUT2D eigenvalue weighted by Gasteiger charge is -2.30. The highest BCUT2D eigenvalue weighted by atomic mass is 19.4. The molecule has 1 aromatic carbocycles. The summed E-state index contributed by atoms with van der Waals surface area (Å²) in [5, 5.41) is 3.73. The topological polar surface area (TPSA) is 113 Å². The second-order valence-electron chi connectivity index (χ2n) is 7.44. The minimum Gasteiger partial charge on any atom is -0.330 e. The van der Waals surface area contributed by atoms with Gasteiger partial charge in [-0.15, -0.1) is 0 Å². The molecule has 0 aliphatic carbocycles. The number of halogens is 3. The van der Waals surface area contributed by atoms with Gasteiger partial charge in [0.15, 0.2) is 0 Å². The summed E-state index contributed by atoms with van der Waals surface area (Å²) in [6, 6.07) is 4.66. The molecule has 1 aromatic heterocycles. The minimum absolute atomic E-state index is 0.149. The van der Waals surface area contributed by atoms with Crippen LogP contribution in [0, 0.1) is 13.8 Å². The molecule has 31 heavy (non-hydrogen) atoms. The SMILES string of the molecule is CCCCC(=O)N[C@]1(C(F)(F)F)C(=O)Nc2c1c(=O)[nH]c(=O)n2-c1ccc(C)c(C)c1. The van der Waals surface area contributed by atoms with Gasteiger partial charge in [-0.3, -0.25) is 19.4 Å². The van der Waals surface area contributed by atoms with E-state index in [0.717, 1.165) is 15.7 Å². The summed E-state index contributed by atoms with van der Waals surface area (Å²) in [5.41, 5.74) is -5.37. The van der Waals surface area contributed by atoms with Gasteiger partial charge in [0.25, 0.3) is 11.5 Å². The smallest absolute Gasteiger partial charge is 0.330 e. The van der Waals surface area contributed by atoms with Gasteiger partial charge in [-0.25, -0.2) is 9.36 Å². The molecule has 0 fully saturated rings. The fourth-order valence-corrected chi connectivity index (χ4v) is 3.50. The fourth-order valence-electron chi connectivity index (χ4n) is 3.50. The summed E-state index contributed by atoms with van der Waals surface area (Å²) in [4.78, 5) is 51.8. The number of fused-ring (bicyclic) bond motifs is 1. The zero-order valence-electron chi connectivity index (χ0n) is 17.1. The van der Waals surface area contributed by atoms with Crippen LogP contribution in [0.4, 0.5) is 19.0 Å². The number of amides is 2. The number of hydrogen-bond donors (Lipinski definition) is 3. The lowest BCUT2D eigenvalue weighted by molar-refractivity contribution is -0.200. The predicted molar refractivity (Wildman–Crippen MR) is 106 cm³/mol. The van der Waals surface area contributed by atoms with Crippen LogP contribution in [0.15, 0.2) is 27.8 Å². The average molecular weight is 438 g/mol. The fraction of sp³-hybridized carbons (Fsp3) is 0.400. The highest BCUT2D eigenvalue weighted by Gasteiger charge is 2.68. The second-order valence-corrected chi connectivity index (χ2v) is 7.44. The number of rotatable bonds is 5. The van der Waals surface area contributed by atoms with E-state index < -0.39 is 46.2 Å². The molecule has 3 N–H and O–H groups in total. The third-order valence-electron chi connectivity index (χ3n) is 5.32. The third-order valence-corrected chi connectivity index (χ3v) is 5.32. The van der Waals surface area contributed by atoms with Crippen molar-refractivity contribution in [2.24, 2.45) is 0 Å². The quantitative estimate of drug-likeness (QED) is 0.664. The Bertz CT molecular complexity index is 1180. The largest absolute Gasteiger partial charge is 0.425 e. The van der Waals surface area contributed by atoms with Crippen LogP contribution in [0.1, 0.15) is 42.9 Å². The summed E-state index contributed by atoms with van der Waals surface area (Å²) in [6.07, 6.45) is -4.76. The van der Waals surface area contributed by atoms with E-state index in [4.69, 9.17) is 0 Å². The van der Waals surface area contributed by atoms with Gasteiger partial charge in [0.2, 0.25) is 11.4 Å².